The second-order valence-electron chi connectivity index (χ2n) is 4.77. The minimum atomic E-state index is 0.452. The number of nitrogens with two attached hydrogens (primary N) is 1. The van der Waals surface area contributed by atoms with Crippen molar-refractivity contribution in [1.29, 1.82) is 0 Å². The van der Waals surface area contributed by atoms with Gasteiger partial charge in [0.1, 0.15) is 0 Å². The molecule has 13 heavy (non-hydrogen) atoms. The van der Waals surface area contributed by atoms with E-state index in [9.17, 15) is 0 Å². The molecule has 0 radical (unpaired) electrons. The smallest absolute Gasteiger partial charge is 0.0494 e. The molecule has 0 aromatic heterocycles. The molecule has 0 aromatic carbocycles. The largest absolute Gasteiger partial charge is 0.381 e. The number of hydrogen-bond acceptors (Lipinski definition) is 2. The summed E-state index contributed by atoms with van der Waals surface area (Å²) in [7, 11) is 0. The maximum Gasteiger partial charge on any atom is 0.0494 e. The highest BCUT2D eigenvalue weighted by Gasteiger charge is 2.34. The van der Waals surface area contributed by atoms with E-state index < -0.39 is 0 Å². The van der Waals surface area contributed by atoms with E-state index in [2.05, 4.69) is 6.92 Å². The molecule has 1 aliphatic carbocycles. The van der Waals surface area contributed by atoms with Gasteiger partial charge >= 0.3 is 0 Å². The van der Waals surface area contributed by atoms with Crippen molar-refractivity contribution in [2.45, 2.75) is 38.6 Å². The first-order valence-corrected chi connectivity index (χ1v) is 5.62. The van der Waals surface area contributed by atoms with Crippen LogP contribution in [0.1, 0.15) is 32.6 Å². The Balaban J connectivity index is 1.88. The Kier molecular flexibility index (Phi) is 2.89. The summed E-state index contributed by atoms with van der Waals surface area (Å²) in [5.74, 6) is 2.22. The predicted molar refractivity (Wildman–Crippen MR) is 53.4 cm³/mol. The third-order valence-corrected chi connectivity index (χ3v) is 3.90. The van der Waals surface area contributed by atoms with E-state index >= 15 is 0 Å². The van der Waals surface area contributed by atoms with Gasteiger partial charge in [-0.3, -0.25) is 0 Å². The first-order valence-electron chi connectivity index (χ1n) is 5.62. The fourth-order valence-corrected chi connectivity index (χ4v) is 2.64. The number of ether oxygens (including phenoxy) is 1. The second-order valence-corrected chi connectivity index (χ2v) is 4.77. The van der Waals surface area contributed by atoms with E-state index in [1.54, 1.807) is 0 Å². The molecule has 3 unspecified atom stereocenters. The SMILES string of the molecule is CC1COCCC1C(N)C1CCC1. The Labute approximate surface area is 80.8 Å². The molecular formula is C11H21NO. The minimum Gasteiger partial charge on any atom is -0.381 e. The average Bonchev–Trinajstić information content (AvgIpc) is 2.01. The molecule has 2 aliphatic rings. The first kappa shape index (κ1) is 9.47. The Morgan fingerprint density at radius 3 is 2.62 bits per heavy atom. The molecule has 2 fully saturated rings. The van der Waals surface area contributed by atoms with Gasteiger partial charge in [0.05, 0.1) is 0 Å². The zero-order valence-electron chi connectivity index (χ0n) is 8.54. The first-order chi connectivity index (χ1) is 6.29. The fraction of sp³-hybridized carbons (Fsp3) is 1.00. The molecule has 1 aliphatic heterocycles. The van der Waals surface area contributed by atoms with Crippen molar-refractivity contribution < 1.29 is 4.74 Å². The lowest BCUT2D eigenvalue weighted by Gasteiger charge is -2.40. The molecule has 2 nitrogen and oxygen atoms in total. The summed E-state index contributed by atoms with van der Waals surface area (Å²) in [6.07, 6.45) is 5.31. The molecule has 2 N–H and O–H groups in total. The van der Waals surface area contributed by atoms with Crippen molar-refractivity contribution in [3.05, 3.63) is 0 Å². The molecule has 0 spiro atoms. The molecule has 1 heterocycles. The van der Waals surface area contributed by atoms with E-state index in [1.807, 2.05) is 0 Å². The maximum absolute atomic E-state index is 6.29. The summed E-state index contributed by atoms with van der Waals surface area (Å²) in [6, 6.07) is 0.452. The van der Waals surface area contributed by atoms with Crippen LogP contribution in [0.25, 0.3) is 0 Å². The third-order valence-electron chi connectivity index (χ3n) is 3.90. The predicted octanol–water partition coefficient (Wildman–Crippen LogP) is 1.79. The highest BCUT2D eigenvalue weighted by molar-refractivity contribution is 4.88. The van der Waals surface area contributed by atoms with Crippen molar-refractivity contribution in [3.8, 4) is 0 Å². The monoisotopic (exact) mass is 183 g/mol. The third kappa shape index (κ3) is 1.89. The van der Waals surface area contributed by atoms with Crippen LogP contribution in [0.5, 0.6) is 0 Å². The molecule has 2 heteroatoms. The van der Waals surface area contributed by atoms with Gasteiger partial charge in [-0.25, -0.2) is 0 Å². The van der Waals surface area contributed by atoms with Crippen LogP contribution in [0.2, 0.25) is 0 Å². The number of hydrogen-bond donors (Lipinski definition) is 1. The Morgan fingerprint density at radius 2 is 2.08 bits per heavy atom. The Bertz CT molecular complexity index is 167. The second kappa shape index (κ2) is 3.97. The van der Waals surface area contributed by atoms with Crippen molar-refractivity contribution >= 4 is 0 Å². The summed E-state index contributed by atoms with van der Waals surface area (Å²) < 4.78 is 5.44. The van der Waals surface area contributed by atoms with E-state index in [0.717, 1.165) is 25.0 Å². The summed E-state index contributed by atoms with van der Waals surface area (Å²) in [5, 5.41) is 0. The highest BCUT2D eigenvalue weighted by atomic mass is 16.5. The van der Waals surface area contributed by atoms with Crippen LogP contribution in [0.15, 0.2) is 0 Å². The van der Waals surface area contributed by atoms with Gasteiger partial charge < -0.3 is 10.5 Å². The van der Waals surface area contributed by atoms with Gasteiger partial charge in [0.15, 0.2) is 0 Å². The van der Waals surface area contributed by atoms with Crippen LogP contribution in [-0.2, 0) is 4.74 Å². The molecule has 1 saturated carbocycles. The quantitative estimate of drug-likeness (QED) is 0.708. The highest BCUT2D eigenvalue weighted by Crippen LogP contribution is 2.36. The van der Waals surface area contributed by atoms with Crippen LogP contribution in [-0.4, -0.2) is 19.3 Å². The van der Waals surface area contributed by atoms with Crippen LogP contribution in [0, 0.1) is 17.8 Å². The summed E-state index contributed by atoms with van der Waals surface area (Å²) in [5.41, 5.74) is 6.29. The van der Waals surface area contributed by atoms with E-state index in [4.69, 9.17) is 10.5 Å². The summed E-state index contributed by atoms with van der Waals surface area (Å²) >= 11 is 0. The van der Waals surface area contributed by atoms with E-state index in [-0.39, 0.29) is 0 Å². The van der Waals surface area contributed by atoms with Crippen LogP contribution in [0.3, 0.4) is 0 Å². The molecule has 3 atom stereocenters. The van der Waals surface area contributed by atoms with Crippen LogP contribution in [0.4, 0.5) is 0 Å². The van der Waals surface area contributed by atoms with Crippen molar-refractivity contribution in [1.82, 2.24) is 0 Å². The molecular weight excluding hydrogens is 162 g/mol. The molecule has 0 bridgehead atoms. The Morgan fingerprint density at radius 1 is 1.31 bits per heavy atom. The van der Waals surface area contributed by atoms with Crippen molar-refractivity contribution in [2.24, 2.45) is 23.5 Å². The molecule has 2 rings (SSSR count). The molecule has 76 valence electrons. The van der Waals surface area contributed by atoms with Gasteiger partial charge in [0.2, 0.25) is 0 Å². The van der Waals surface area contributed by atoms with Crippen molar-refractivity contribution in [3.63, 3.8) is 0 Å². The van der Waals surface area contributed by atoms with Gasteiger partial charge in [-0.1, -0.05) is 13.3 Å². The van der Waals surface area contributed by atoms with Gasteiger partial charge in [-0.2, -0.15) is 0 Å². The standard InChI is InChI=1S/C11H21NO/c1-8-7-13-6-5-10(8)11(12)9-3-2-4-9/h8-11H,2-7,12H2,1H3. The fourth-order valence-electron chi connectivity index (χ4n) is 2.64. The van der Waals surface area contributed by atoms with Gasteiger partial charge in [0.25, 0.3) is 0 Å². The average molecular weight is 183 g/mol. The van der Waals surface area contributed by atoms with Gasteiger partial charge in [-0.05, 0) is 37.0 Å². The lowest BCUT2D eigenvalue weighted by atomic mass is 9.71. The minimum absolute atomic E-state index is 0.452. The van der Waals surface area contributed by atoms with Gasteiger partial charge in [-0.15, -0.1) is 0 Å². The zero-order valence-corrected chi connectivity index (χ0v) is 8.54. The normalized spacial score (nSPS) is 38.3. The molecule has 0 amide bonds. The zero-order chi connectivity index (χ0) is 9.26. The van der Waals surface area contributed by atoms with E-state index in [0.29, 0.717) is 12.0 Å². The maximum atomic E-state index is 6.29. The topological polar surface area (TPSA) is 35.2 Å². The van der Waals surface area contributed by atoms with Crippen LogP contribution < -0.4 is 5.73 Å². The van der Waals surface area contributed by atoms with Crippen LogP contribution >= 0.6 is 0 Å². The lowest BCUT2D eigenvalue weighted by molar-refractivity contribution is 0.00215. The lowest BCUT2D eigenvalue weighted by Crippen LogP contribution is -2.46. The van der Waals surface area contributed by atoms with Gasteiger partial charge in [0, 0.05) is 19.3 Å². The Hall–Kier alpha value is -0.0800. The molecule has 1 saturated heterocycles. The number of rotatable bonds is 2. The molecule has 0 aromatic rings. The van der Waals surface area contributed by atoms with E-state index in [1.165, 1.54) is 25.7 Å². The van der Waals surface area contributed by atoms with Crippen molar-refractivity contribution in [2.75, 3.05) is 13.2 Å². The summed E-state index contributed by atoms with van der Waals surface area (Å²) in [4.78, 5) is 0. The summed E-state index contributed by atoms with van der Waals surface area (Å²) in [6.45, 7) is 4.13.